The second kappa shape index (κ2) is 10.2. The van der Waals surface area contributed by atoms with E-state index in [1.165, 1.54) is 13.2 Å². The number of phenolic OH excluding ortho intramolecular Hbond substituents is 1. The highest BCUT2D eigenvalue weighted by Crippen LogP contribution is 2.63. The summed E-state index contributed by atoms with van der Waals surface area (Å²) in [6.07, 6.45) is 3.54. The Labute approximate surface area is 275 Å². The number of rotatable bonds is 5. The second-order valence-corrected chi connectivity index (χ2v) is 13.1. The van der Waals surface area contributed by atoms with E-state index in [1.54, 1.807) is 19.1 Å². The number of esters is 1. The van der Waals surface area contributed by atoms with Crippen molar-refractivity contribution in [2.24, 2.45) is 0 Å². The van der Waals surface area contributed by atoms with Crippen molar-refractivity contribution >= 4 is 46.3 Å². The molecule has 3 atom stereocenters. The van der Waals surface area contributed by atoms with E-state index < -0.39 is 64.1 Å². The molecule has 2 amide bonds. The van der Waals surface area contributed by atoms with Crippen LogP contribution in [0.2, 0.25) is 0 Å². The first-order valence-electron chi connectivity index (χ1n) is 15.4. The number of ketones is 2. The van der Waals surface area contributed by atoms with Crippen LogP contribution in [-0.2, 0) is 34.1 Å². The summed E-state index contributed by atoms with van der Waals surface area (Å²) >= 11 is 0. The third-order valence-corrected chi connectivity index (χ3v) is 10.1. The van der Waals surface area contributed by atoms with Gasteiger partial charge in [-0.25, -0.2) is 4.79 Å². The Morgan fingerprint density at radius 3 is 2.60 bits per heavy atom. The van der Waals surface area contributed by atoms with Crippen molar-refractivity contribution in [3.63, 3.8) is 0 Å². The minimum Gasteiger partial charge on any atom is -0.507 e. The highest BCUT2D eigenvalue weighted by molar-refractivity contribution is 6.19. The molecule has 7 rings (SSSR count). The van der Waals surface area contributed by atoms with Gasteiger partial charge in [0.25, 0.3) is 17.5 Å². The second-order valence-electron chi connectivity index (χ2n) is 13.1. The lowest BCUT2D eigenvalue weighted by Crippen LogP contribution is -2.72. The van der Waals surface area contributed by atoms with Crippen LogP contribution in [0.4, 0.5) is 0 Å². The number of carbonyl (C=O) groups is 5. The minimum absolute atomic E-state index is 0.0297. The Hall–Kier alpha value is -5.65. The molecular formula is C36H33N3O9. The van der Waals surface area contributed by atoms with Crippen molar-refractivity contribution in [2.45, 2.75) is 56.2 Å². The number of para-hydroxylation sites is 1. The van der Waals surface area contributed by atoms with Gasteiger partial charge >= 0.3 is 5.97 Å². The lowest BCUT2D eigenvalue weighted by Gasteiger charge is -2.47. The minimum atomic E-state index is -2.09. The van der Waals surface area contributed by atoms with Crippen molar-refractivity contribution < 1.29 is 43.3 Å². The Bertz CT molecular complexity index is 2100. The van der Waals surface area contributed by atoms with E-state index in [0.29, 0.717) is 11.1 Å². The van der Waals surface area contributed by atoms with Crippen molar-refractivity contribution in [3.05, 3.63) is 88.5 Å². The molecule has 2 aromatic carbocycles. The van der Waals surface area contributed by atoms with E-state index in [0.717, 1.165) is 34.7 Å². The number of piperazine rings is 1. The van der Waals surface area contributed by atoms with Gasteiger partial charge in [0.1, 0.15) is 28.3 Å². The Kier molecular flexibility index (Phi) is 6.56. The molecule has 246 valence electrons. The number of hydrogen-bond donors (Lipinski definition) is 3. The van der Waals surface area contributed by atoms with Crippen molar-refractivity contribution in [1.29, 1.82) is 0 Å². The maximum Gasteiger partial charge on any atom is 0.342 e. The topological polar surface area (TPSA) is 164 Å². The molecule has 4 heterocycles. The van der Waals surface area contributed by atoms with Gasteiger partial charge in [0.15, 0.2) is 11.5 Å². The van der Waals surface area contributed by atoms with Gasteiger partial charge < -0.3 is 29.6 Å². The zero-order chi connectivity index (χ0) is 34.5. The molecule has 4 aliphatic rings. The molecule has 3 aromatic rings. The van der Waals surface area contributed by atoms with Crippen molar-refractivity contribution in [3.8, 4) is 11.5 Å². The number of allylic oxidation sites excluding steroid dienone is 2. The number of amides is 2. The van der Waals surface area contributed by atoms with Crippen LogP contribution in [0.5, 0.6) is 11.5 Å². The molecule has 2 fully saturated rings. The monoisotopic (exact) mass is 651 g/mol. The van der Waals surface area contributed by atoms with Gasteiger partial charge in [-0.2, -0.15) is 0 Å². The number of aromatic nitrogens is 1. The summed E-state index contributed by atoms with van der Waals surface area (Å²) in [5.74, 6) is -5.62. The average Bonchev–Trinajstić information content (AvgIpc) is 3.54. The first kappa shape index (κ1) is 31.0. The molecule has 12 nitrogen and oxygen atoms in total. The number of nitrogens with one attached hydrogen (secondary N) is 2. The van der Waals surface area contributed by atoms with E-state index in [9.17, 15) is 29.1 Å². The number of Topliss-reactive ketones (excluding diaryl/α,β-unsaturated/α-hetero) is 1. The van der Waals surface area contributed by atoms with E-state index in [-0.39, 0.29) is 34.8 Å². The number of phenols is 1. The van der Waals surface area contributed by atoms with Gasteiger partial charge in [0, 0.05) is 58.0 Å². The van der Waals surface area contributed by atoms with Crippen LogP contribution in [0.3, 0.4) is 0 Å². The van der Waals surface area contributed by atoms with Gasteiger partial charge in [-0.3, -0.25) is 24.1 Å². The number of carbonyl (C=O) groups excluding carboxylic acids is 5. The number of aryl methyl sites for hydroxylation is 1. The number of nitrogens with zero attached hydrogens (tertiary/aromatic N) is 1. The van der Waals surface area contributed by atoms with Crippen LogP contribution in [0.1, 0.15) is 65.3 Å². The van der Waals surface area contributed by atoms with Gasteiger partial charge in [-0.1, -0.05) is 38.1 Å². The summed E-state index contributed by atoms with van der Waals surface area (Å²) in [7, 11) is 2.36. The maximum absolute atomic E-state index is 14.9. The largest absolute Gasteiger partial charge is 0.507 e. The van der Waals surface area contributed by atoms with Crippen LogP contribution in [-0.4, -0.2) is 69.8 Å². The summed E-state index contributed by atoms with van der Waals surface area (Å²) in [4.78, 5) is 75.0. The maximum atomic E-state index is 14.9. The fourth-order valence-electron chi connectivity index (χ4n) is 7.78. The third kappa shape index (κ3) is 3.85. The molecule has 48 heavy (non-hydrogen) atoms. The van der Waals surface area contributed by atoms with E-state index in [2.05, 4.69) is 16.9 Å². The highest BCUT2D eigenvalue weighted by Gasteiger charge is 2.76. The number of methoxy groups -OCH3 is 2. The summed E-state index contributed by atoms with van der Waals surface area (Å²) in [6.45, 7) is 9.48. The van der Waals surface area contributed by atoms with Crippen LogP contribution in [0.25, 0.3) is 17.0 Å². The van der Waals surface area contributed by atoms with Crippen molar-refractivity contribution in [1.82, 2.24) is 15.2 Å². The molecule has 3 unspecified atom stereocenters. The molecule has 0 saturated carbocycles. The highest BCUT2D eigenvalue weighted by atomic mass is 16.5. The van der Waals surface area contributed by atoms with Gasteiger partial charge in [-0.15, -0.1) is 6.58 Å². The summed E-state index contributed by atoms with van der Waals surface area (Å²) in [5.41, 5.74) is -2.64. The zero-order valence-electron chi connectivity index (χ0n) is 27.0. The molecule has 12 heteroatoms. The number of hydrogen-bond acceptors (Lipinski definition) is 9. The van der Waals surface area contributed by atoms with Crippen LogP contribution >= 0.6 is 0 Å². The van der Waals surface area contributed by atoms with Crippen LogP contribution in [0, 0.1) is 6.92 Å². The first-order chi connectivity index (χ1) is 22.7. The number of aromatic amines is 1. The van der Waals surface area contributed by atoms with E-state index in [4.69, 9.17) is 14.2 Å². The zero-order valence-corrected chi connectivity index (χ0v) is 27.0. The molecule has 3 N–H and O–H groups in total. The number of benzene rings is 2. The molecular weight excluding hydrogens is 618 g/mol. The Morgan fingerprint density at radius 2 is 1.92 bits per heavy atom. The molecule has 2 bridgehead atoms. The number of H-pyrrole nitrogens is 1. The lowest BCUT2D eigenvalue weighted by molar-refractivity contribution is -0.177. The third-order valence-electron chi connectivity index (χ3n) is 10.1. The molecule has 2 spiro atoms. The standard InChI is InChI=1S/C36H33N3O9/c1-7-34(3,4)29-20(19-10-8-9-11-22(19)37-29)14-23-31(43)39-35(15-18(40)13-25(46-5)30(35)42)21-16-36(39,33(45)38-23)48-28-17(2)12-24(41)27(26(21)28)32(44)47-6/h7-14,21,37,41H,1,15-16H2,2-6H3,(H,38,45). The Morgan fingerprint density at radius 1 is 1.19 bits per heavy atom. The van der Waals surface area contributed by atoms with Crippen LogP contribution in [0.15, 0.2) is 60.5 Å². The molecule has 3 aliphatic heterocycles. The lowest BCUT2D eigenvalue weighted by atomic mass is 9.69. The number of aromatic hydroxyl groups is 1. The summed E-state index contributed by atoms with van der Waals surface area (Å²) in [5, 5.41) is 14.5. The van der Waals surface area contributed by atoms with E-state index >= 15 is 0 Å². The fourth-order valence-corrected chi connectivity index (χ4v) is 7.78. The summed E-state index contributed by atoms with van der Waals surface area (Å²) in [6, 6.07) is 8.78. The quantitative estimate of drug-likeness (QED) is 0.211. The first-order valence-corrected chi connectivity index (χ1v) is 15.4. The van der Waals surface area contributed by atoms with Gasteiger partial charge in [0.05, 0.1) is 14.2 Å². The smallest absolute Gasteiger partial charge is 0.342 e. The SMILES string of the molecule is C=CC(C)(C)c1[nH]c2ccccc2c1C=C1NC(=O)C23CC(c4c(c(C)cc(O)c4C(=O)OC)O2)C2(CC(=O)C=C(OC)C2=O)N3C1=O. The summed E-state index contributed by atoms with van der Waals surface area (Å²) < 4.78 is 16.8. The number of ether oxygens (including phenoxy) is 3. The van der Waals surface area contributed by atoms with E-state index in [1.807, 2.05) is 38.1 Å². The predicted molar refractivity (Wildman–Crippen MR) is 172 cm³/mol. The van der Waals surface area contributed by atoms with Crippen molar-refractivity contribution in [2.75, 3.05) is 14.2 Å². The Balaban J connectivity index is 1.51. The van der Waals surface area contributed by atoms with Gasteiger partial charge in [-0.05, 0) is 30.7 Å². The molecule has 0 radical (unpaired) electrons. The predicted octanol–water partition coefficient (Wildman–Crippen LogP) is 3.82. The molecule has 2 saturated heterocycles. The number of fused-ring (bicyclic) bond motifs is 6. The van der Waals surface area contributed by atoms with Gasteiger partial charge in [0.2, 0.25) is 5.78 Å². The normalized spacial score (nSPS) is 25.4. The fraction of sp³-hybridized carbons (Fsp3) is 0.306. The molecule has 1 aromatic heterocycles. The molecule has 1 aliphatic carbocycles. The average molecular weight is 652 g/mol. The van der Waals surface area contributed by atoms with Crippen LogP contribution < -0.4 is 10.1 Å².